The number of anilines is 2. The van der Waals surface area contributed by atoms with E-state index < -0.39 is 10.0 Å². The number of halogens is 1. The van der Waals surface area contributed by atoms with E-state index in [2.05, 4.69) is 10.0 Å². The van der Waals surface area contributed by atoms with Crippen LogP contribution in [0.5, 0.6) is 0 Å². The molecule has 1 amide bonds. The Balaban J connectivity index is 1.67. The molecule has 0 radical (unpaired) electrons. The topological polar surface area (TPSA) is 75.3 Å². The molecule has 0 unspecified atom stereocenters. The summed E-state index contributed by atoms with van der Waals surface area (Å²) in [5.74, 6) is -0.348. The van der Waals surface area contributed by atoms with Crippen LogP contribution >= 0.6 is 11.6 Å². The van der Waals surface area contributed by atoms with Crippen LogP contribution in [-0.2, 0) is 14.8 Å². The number of rotatable bonds is 6. The van der Waals surface area contributed by atoms with Gasteiger partial charge in [0.05, 0.1) is 4.90 Å². The van der Waals surface area contributed by atoms with Crippen LogP contribution in [0.2, 0.25) is 5.02 Å². The van der Waals surface area contributed by atoms with Gasteiger partial charge in [-0.3, -0.25) is 9.52 Å². The third-order valence-electron chi connectivity index (χ3n) is 4.51. The summed E-state index contributed by atoms with van der Waals surface area (Å²) in [6, 6.07) is 18.5. The lowest BCUT2D eigenvalue weighted by atomic mass is 10.1. The van der Waals surface area contributed by atoms with E-state index in [1.165, 1.54) is 30.3 Å². The summed E-state index contributed by atoms with van der Waals surface area (Å²) in [5.41, 5.74) is 3.79. The highest BCUT2D eigenvalue weighted by atomic mass is 35.5. The van der Waals surface area contributed by atoms with Crippen molar-refractivity contribution in [3.8, 4) is 0 Å². The summed E-state index contributed by atoms with van der Waals surface area (Å²) in [6.07, 6.45) is 2.98. The van der Waals surface area contributed by atoms with Crippen molar-refractivity contribution >= 4 is 45.0 Å². The molecule has 0 fully saturated rings. The summed E-state index contributed by atoms with van der Waals surface area (Å²) in [5, 5.41) is 3.24. The fourth-order valence-corrected chi connectivity index (χ4v) is 3.94. The normalized spacial score (nSPS) is 11.4. The van der Waals surface area contributed by atoms with Gasteiger partial charge >= 0.3 is 0 Å². The highest BCUT2D eigenvalue weighted by Gasteiger charge is 2.14. The Morgan fingerprint density at radius 2 is 1.57 bits per heavy atom. The maximum absolute atomic E-state index is 12.6. The van der Waals surface area contributed by atoms with Gasteiger partial charge in [0.15, 0.2) is 0 Å². The first-order chi connectivity index (χ1) is 14.2. The van der Waals surface area contributed by atoms with Gasteiger partial charge in [-0.25, -0.2) is 8.42 Å². The van der Waals surface area contributed by atoms with Gasteiger partial charge in [0.2, 0.25) is 5.91 Å². The number of sulfonamides is 1. The van der Waals surface area contributed by atoms with E-state index >= 15 is 0 Å². The van der Waals surface area contributed by atoms with Crippen LogP contribution in [0.1, 0.15) is 16.7 Å². The van der Waals surface area contributed by atoms with Crippen molar-refractivity contribution in [3.05, 3.63) is 94.5 Å². The average Bonchev–Trinajstić information content (AvgIpc) is 2.70. The molecule has 5 nitrogen and oxygen atoms in total. The molecule has 0 bridgehead atoms. The summed E-state index contributed by atoms with van der Waals surface area (Å²) in [4.78, 5) is 12.2. The van der Waals surface area contributed by atoms with Crippen LogP contribution < -0.4 is 10.0 Å². The van der Waals surface area contributed by atoms with Gasteiger partial charge in [-0.15, -0.1) is 0 Å². The van der Waals surface area contributed by atoms with E-state index in [-0.39, 0.29) is 10.8 Å². The van der Waals surface area contributed by atoms with Crippen LogP contribution in [0, 0.1) is 13.8 Å². The predicted molar refractivity (Wildman–Crippen MR) is 122 cm³/mol. The van der Waals surface area contributed by atoms with Gasteiger partial charge in [-0.05, 0) is 79.1 Å². The van der Waals surface area contributed by atoms with Crippen molar-refractivity contribution in [2.45, 2.75) is 18.7 Å². The molecular formula is C23H21ClN2O3S. The van der Waals surface area contributed by atoms with Crippen molar-refractivity contribution in [1.29, 1.82) is 0 Å². The number of amides is 1. The molecule has 3 rings (SSSR count). The lowest BCUT2D eigenvalue weighted by Gasteiger charge is -2.10. The van der Waals surface area contributed by atoms with Crippen LogP contribution in [0.25, 0.3) is 6.08 Å². The van der Waals surface area contributed by atoms with Crippen LogP contribution in [0.3, 0.4) is 0 Å². The molecule has 7 heteroatoms. The van der Waals surface area contributed by atoms with E-state index in [0.717, 1.165) is 16.7 Å². The maximum Gasteiger partial charge on any atom is 0.261 e. The largest absolute Gasteiger partial charge is 0.323 e. The molecule has 0 heterocycles. The highest BCUT2D eigenvalue weighted by Crippen LogP contribution is 2.21. The lowest BCUT2D eigenvalue weighted by molar-refractivity contribution is -0.111. The van der Waals surface area contributed by atoms with E-state index in [4.69, 9.17) is 11.6 Å². The molecule has 2 N–H and O–H groups in total. The standard InChI is InChI=1S/C23H21ClN2O3S/c1-16-7-9-20(15-17(16)2)26-30(28,29)21-12-10-19(11-13-21)25-23(27)14-8-18-5-3-4-6-22(18)24/h3-15,26H,1-2H3,(H,25,27). The van der Waals surface area contributed by atoms with Crippen molar-refractivity contribution < 1.29 is 13.2 Å². The van der Waals surface area contributed by atoms with Crippen LogP contribution in [0.15, 0.2) is 77.7 Å². The minimum Gasteiger partial charge on any atom is -0.323 e. The van der Waals surface area contributed by atoms with Gasteiger partial charge in [-0.1, -0.05) is 35.9 Å². The average molecular weight is 441 g/mol. The zero-order valence-electron chi connectivity index (χ0n) is 16.5. The number of aryl methyl sites for hydroxylation is 2. The SMILES string of the molecule is Cc1ccc(NS(=O)(=O)c2ccc(NC(=O)C=Cc3ccccc3Cl)cc2)cc1C. The molecule has 0 aromatic heterocycles. The van der Waals surface area contributed by atoms with E-state index in [0.29, 0.717) is 16.4 Å². The molecular weight excluding hydrogens is 420 g/mol. The third kappa shape index (κ3) is 5.49. The van der Waals surface area contributed by atoms with Gasteiger partial charge in [0.1, 0.15) is 0 Å². The Morgan fingerprint density at radius 3 is 2.23 bits per heavy atom. The fraction of sp³-hybridized carbons (Fsp3) is 0.0870. The first-order valence-electron chi connectivity index (χ1n) is 9.18. The number of hydrogen-bond donors (Lipinski definition) is 2. The number of benzene rings is 3. The van der Waals surface area contributed by atoms with Gasteiger partial charge in [-0.2, -0.15) is 0 Å². The van der Waals surface area contributed by atoms with Gasteiger partial charge in [0.25, 0.3) is 10.0 Å². The Bertz CT molecular complexity index is 1200. The Kier molecular flexibility index (Phi) is 6.59. The summed E-state index contributed by atoms with van der Waals surface area (Å²) in [6.45, 7) is 3.88. The second-order valence-electron chi connectivity index (χ2n) is 6.77. The molecule has 0 aliphatic carbocycles. The molecule has 3 aromatic carbocycles. The number of hydrogen-bond acceptors (Lipinski definition) is 3. The summed E-state index contributed by atoms with van der Waals surface area (Å²) < 4.78 is 27.8. The van der Waals surface area contributed by atoms with Crippen molar-refractivity contribution in [2.75, 3.05) is 10.0 Å². The van der Waals surface area contributed by atoms with Crippen molar-refractivity contribution in [3.63, 3.8) is 0 Å². The van der Waals surface area contributed by atoms with Crippen molar-refractivity contribution in [2.24, 2.45) is 0 Å². The zero-order valence-corrected chi connectivity index (χ0v) is 18.1. The second kappa shape index (κ2) is 9.15. The third-order valence-corrected chi connectivity index (χ3v) is 6.25. The molecule has 0 aliphatic rings. The minimum atomic E-state index is -3.73. The first-order valence-corrected chi connectivity index (χ1v) is 11.0. The highest BCUT2D eigenvalue weighted by molar-refractivity contribution is 7.92. The minimum absolute atomic E-state index is 0.102. The van der Waals surface area contributed by atoms with Crippen LogP contribution in [0.4, 0.5) is 11.4 Å². The Labute approximate surface area is 181 Å². The number of carbonyl (C=O) groups is 1. The van der Waals surface area contributed by atoms with Crippen molar-refractivity contribution in [1.82, 2.24) is 0 Å². The lowest BCUT2D eigenvalue weighted by Crippen LogP contribution is -2.13. The number of carbonyl (C=O) groups excluding carboxylic acids is 1. The molecule has 0 saturated carbocycles. The maximum atomic E-state index is 12.6. The predicted octanol–water partition coefficient (Wildman–Crippen LogP) is 5.41. The van der Waals surface area contributed by atoms with E-state index in [1.54, 1.807) is 30.3 Å². The second-order valence-corrected chi connectivity index (χ2v) is 8.86. The molecule has 3 aromatic rings. The van der Waals surface area contributed by atoms with Gasteiger partial charge < -0.3 is 5.32 Å². The van der Waals surface area contributed by atoms with E-state index in [9.17, 15) is 13.2 Å². The van der Waals surface area contributed by atoms with E-state index in [1.807, 2.05) is 32.0 Å². The molecule has 0 aliphatic heterocycles. The quantitative estimate of drug-likeness (QED) is 0.503. The molecule has 0 atom stereocenters. The summed E-state index contributed by atoms with van der Waals surface area (Å²) >= 11 is 6.06. The molecule has 0 saturated heterocycles. The zero-order chi connectivity index (χ0) is 21.7. The molecule has 154 valence electrons. The smallest absolute Gasteiger partial charge is 0.261 e. The Hall–Kier alpha value is -3.09. The Morgan fingerprint density at radius 1 is 0.900 bits per heavy atom. The monoisotopic (exact) mass is 440 g/mol. The molecule has 30 heavy (non-hydrogen) atoms. The van der Waals surface area contributed by atoms with Crippen LogP contribution in [-0.4, -0.2) is 14.3 Å². The fourth-order valence-electron chi connectivity index (χ4n) is 2.70. The summed E-state index contributed by atoms with van der Waals surface area (Å²) in [7, 11) is -3.73. The van der Waals surface area contributed by atoms with Gasteiger partial charge in [0, 0.05) is 22.5 Å². The first kappa shape index (κ1) is 21.6. The number of nitrogens with one attached hydrogen (secondary N) is 2. The molecule has 0 spiro atoms.